The Bertz CT molecular complexity index is 1370. The number of hydrogen-bond acceptors (Lipinski definition) is 5. The monoisotopic (exact) mass is 636 g/mol. The van der Waals surface area contributed by atoms with E-state index in [4.69, 9.17) is 39.5 Å². The van der Waals surface area contributed by atoms with E-state index < -0.39 is 19.7 Å². The van der Waals surface area contributed by atoms with E-state index in [1.54, 1.807) is 12.1 Å². The Morgan fingerprint density at radius 1 is 1.14 bits per heavy atom. The first-order valence-electron chi connectivity index (χ1n) is 11.0. The largest absolute Gasteiger partial charge is 0.495 e. The predicted octanol–water partition coefficient (Wildman–Crippen LogP) is 4.48. The minimum absolute atomic E-state index is 0.125. The third-order valence-corrected chi connectivity index (χ3v) is 8.46. The van der Waals surface area contributed by atoms with E-state index in [1.165, 1.54) is 18.1 Å². The molecule has 194 valence electrons. The number of nitrogens with zero attached hydrogens (tertiary/aromatic N) is 2. The number of piperazine rings is 1. The standard InChI is InChI=1S/C23H24BrCl3N4O4S/c1-35-21-5-3-17(13-20(21)30-8-10-31(11-9-30)22(32)23(25,26)27)36(33,34)29-7-6-15-14-28-19-4-2-16(24)12-18(15)19/h2-5,12-14,28-29H,6-11H2,1H3. The summed E-state index contributed by atoms with van der Waals surface area (Å²) in [5.41, 5.74) is 2.63. The number of alkyl halides is 3. The zero-order chi connectivity index (χ0) is 26.1. The number of anilines is 1. The first-order valence-corrected chi connectivity index (χ1v) is 14.4. The van der Waals surface area contributed by atoms with E-state index in [2.05, 4.69) is 25.6 Å². The second kappa shape index (κ2) is 11.0. The summed E-state index contributed by atoms with van der Waals surface area (Å²) in [5.74, 6) is -0.0540. The predicted molar refractivity (Wildman–Crippen MR) is 147 cm³/mol. The van der Waals surface area contributed by atoms with Crippen LogP contribution in [0.15, 0.2) is 52.0 Å². The minimum atomic E-state index is -3.77. The third kappa shape index (κ3) is 6.06. The van der Waals surface area contributed by atoms with Crippen molar-refractivity contribution in [3.63, 3.8) is 0 Å². The molecule has 2 heterocycles. The molecular formula is C23H24BrCl3N4O4S. The van der Waals surface area contributed by atoms with Crippen LogP contribution in [0.25, 0.3) is 10.9 Å². The molecule has 0 atom stereocenters. The molecule has 0 radical (unpaired) electrons. The first-order chi connectivity index (χ1) is 17.0. The van der Waals surface area contributed by atoms with Crippen LogP contribution in [0.1, 0.15) is 5.56 Å². The zero-order valence-electron chi connectivity index (χ0n) is 19.2. The second-order valence-electron chi connectivity index (χ2n) is 8.26. The number of ether oxygens (including phenoxy) is 1. The topological polar surface area (TPSA) is 94.7 Å². The number of hydrogen-bond donors (Lipinski definition) is 2. The quantitative estimate of drug-likeness (QED) is 0.373. The average Bonchev–Trinajstić information content (AvgIpc) is 3.24. The van der Waals surface area contributed by atoms with Crippen molar-refractivity contribution in [3.05, 3.63) is 52.6 Å². The third-order valence-electron chi connectivity index (χ3n) is 6.03. The van der Waals surface area contributed by atoms with Gasteiger partial charge in [0.15, 0.2) is 0 Å². The molecule has 3 aromatic rings. The van der Waals surface area contributed by atoms with Gasteiger partial charge in [0.1, 0.15) is 5.75 Å². The zero-order valence-corrected chi connectivity index (χ0v) is 23.9. The van der Waals surface area contributed by atoms with E-state index in [-0.39, 0.29) is 11.4 Å². The molecule has 1 fully saturated rings. The molecule has 1 aliphatic heterocycles. The van der Waals surface area contributed by atoms with Crippen LogP contribution in [0.5, 0.6) is 5.75 Å². The summed E-state index contributed by atoms with van der Waals surface area (Å²) in [6.45, 7) is 1.74. The van der Waals surface area contributed by atoms with Crippen molar-refractivity contribution < 1.29 is 17.9 Å². The van der Waals surface area contributed by atoms with Gasteiger partial charge in [-0.1, -0.05) is 50.7 Å². The molecule has 1 saturated heterocycles. The van der Waals surface area contributed by atoms with Gasteiger partial charge < -0.3 is 19.5 Å². The van der Waals surface area contributed by atoms with Crippen molar-refractivity contribution in [2.75, 3.05) is 44.7 Å². The van der Waals surface area contributed by atoms with E-state index in [0.29, 0.717) is 44.0 Å². The Kier molecular flexibility index (Phi) is 8.33. The highest BCUT2D eigenvalue weighted by atomic mass is 79.9. The number of benzene rings is 2. The molecule has 13 heteroatoms. The molecule has 1 aliphatic rings. The summed E-state index contributed by atoms with van der Waals surface area (Å²) < 4.78 is 33.3. The fraction of sp³-hybridized carbons (Fsp3) is 0.348. The van der Waals surface area contributed by atoms with E-state index in [9.17, 15) is 13.2 Å². The molecule has 4 rings (SSSR count). The van der Waals surface area contributed by atoms with Gasteiger partial charge in [-0.15, -0.1) is 0 Å². The molecular weight excluding hydrogens is 615 g/mol. The molecule has 2 N–H and O–H groups in total. The lowest BCUT2D eigenvalue weighted by molar-refractivity contribution is -0.130. The van der Waals surface area contributed by atoms with E-state index in [0.717, 1.165) is 20.9 Å². The Morgan fingerprint density at radius 3 is 2.53 bits per heavy atom. The highest BCUT2D eigenvalue weighted by Crippen LogP contribution is 2.33. The van der Waals surface area contributed by atoms with Crippen LogP contribution in [0.3, 0.4) is 0 Å². The van der Waals surface area contributed by atoms with Crippen molar-refractivity contribution in [3.8, 4) is 5.75 Å². The van der Waals surface area contributed by atoms with Gasteiger partial charge in [0, 0.05) is 54.3 Å². The molecule has 1 amide bonds. The van der Waals surface area contributed by atoms with Crippen LogP contribution in [0.4, 0.5) is 5.69 Å². The molecule has 8 nitrogen and oxygen atoms in total. The summed E-state index contributed by atoms with van der Waals surface area (Å²) in [6.07, 6.45) is 2.42. The van der Waals surface area contributed by atoms with Gasteiger partial charge in [-0.05, 0) is 48.4 Å². The fourth-order valence-electron chi connectivity index (χ4n) is 4.17. The summed E-state index contributed by atoms with van der Waals surface area (Å²) >= 11 is 20.7. The second-order valence-corrected chi connectivity index (χ2v) is 13.2. The maximum Gasteiger partial charge on any atom is 0.274 e. The van der Waals surface area contributed by atoms with Gasteiger partial charge in [-0.25, -0.2) is 13.1 Å². The molecule has 0 bridgehead atoms. The lowest BCUT2D eigenvalue weighted by atomic mass is 10.1. The summed E-state index contributed by atoms with van der Waals surface area (Å²) in [7, 11) is -2.25. The Hall–Kier alpha value is -1.69. The Morgan fingerprint density at radius 2 is 1.86 bits per heavy atom. The maximum atomic E-state index is 13.1. The molecule has 0 aliphatic carbocycles. The molecule has 1 aromatic heterocycles. The Balaban J connectivity index is 1.45. The van der Waals surface area contributed by atoms with Gasteiger partial charge in [0.2, 0.25) is 10.0 Å². The minimum Gasteiger partial charge on any atom is -0.495 e. The summed E-state index contributed by atoms with van der Waals surface area (Å²) in [5, 5.41) is 1.04. The first kappa shape index (κ1) is 27.3. The number of carbonyl (C=O) groups is 1. The molecule has 2 aromatic carbocycles. The number of nitrogens with one attached hydrogen (secondary N) is 2. The van der Waals surface area contributed by atoms with Crippen LogP contribution in [-0.4, -0.2) is 67.8 Å². The molecule has 36 heavy (non-hydrogen) atoms. The highest BCUT2D eigenvalue weighted by molar-refractivity contribution is 9.10. The van der Waals surface area contributed by atoms with Crippen molar-refractivity contribution in [2.45, 2.75) is 15.1 Å². The van der Waals surface area contributed by atoms with Crippen molar-refractivity contribution in [1.29, 1.82) is 0 Å². The number of H-pyrrole nitrogens is 1. The van der Waals surface area contributed by atoms with Crippen LogP contribution in [0.2, 0.25) is 0 Å². The van der Waals surface area contributed by atoms with Crippen molar-refractivity contribution >= 4 is 83.3 Å². The smallest absolute Gasteiger partial charge is 0.274 e. The van der Waals surface area contributed by atoms with Crippen molar-refractivity contribution in [2.24, 2.45) is 0 Å². The van der Waals surface area contributed by atoms with Crippen LogP contribution in [0, 0.1) is 0 Å². The summed E-state index contributed by atoms with van der Waals surface area (Å²) in [4.78, 5) is 19.0. The molecule has 0 saturated carbocycles. The number of methoxy groups -OCH3 is 1. The maximum absolute atomic E-state index is 13.1. The van der Waals surface area contributed by atoms with E-state index >= 15 is 0 Å². The van der Waals surface area contributed by atoms with Gasteiger partial charge in [0.25, 0.3) is 9.70 Å². The number of fused-ring (bicyclic) bond motifs is 1. The van der Waals surface area contributed by atoms with Crippen LogP contribution >= 0.6 is 50.7 Å². The fourth-order valence-corrected chi connectivity index (χ4v) is 5.95. The number of sulfonamides is 1. The van der Waals surface area contributed by atoms with Gasteiger partial charge in [0.05, 0.1) is 17.7 Å². The average molecular weight is 639 g/mol. The SMILES string of the molecule is COc1ccc(S(=O)(=O)NCCc2c[nH]c3ccc(Br)cc23)cc1N1CCN(C(=O)C(Cl)(Cl)Cl)CC1. The highest BCUT2D eigenvalue weighted by Gasteiger charge is 2.36. The van der Waals surface area contributed by atoms with E-state index in [1.807, 2.05) is 29.3 Å². The number of amides is 1. The normalized spacial score (nSPS) is 14.9. The molecule has 0 unspecified atom stereocenters. The van der Waals surface area contributed by atoms with Gasteiger partial charge >= 0.3 is 0 Å². The number of aromatic nitrogens is 1. The number of halogens is 4. The van der Waals surface area contributed by atoms with Crippen LogP contribution < -0.4 is 14.4 Å². The lowest BCUT2D eigenvalue weighted by Gasteiger charge is -2.37. The molecule has 0 spiro atoms. The number of aromatic amines is 1. The number of carbonyl (C=O) groups excluding carboxylic acids is 1. The van der Waals surface area contributed by atoms with Gasteiger partial charge in [-0.3, -0.25) is 4.79 Å². The van der Waals surface area contributed by atoms with Gasteiger partial charge in [-0.2, -0.15) is 0 Å². The van der Waals surface area contributed by atoms with Crippen LogP contribution in [-0.2, 0) is 21.2 Å². The van der Waals surface area contributed by atoms with Crippen molar-refractivity contribution in [1.82, 2.24) is 14.6 Å². The lowest BCUT2D eigenvalue weighted by Crippen LogP contribution is -2.51. The summed E-state index contributed by atoms with van der Waals surface area (Å²) in [6, 6.07) is 10.6. The Labute approximate surface area is 233 Å². The number of rotatable bonds is 7.